The number of nitrogens with zero attached hydrogens (tertiary/aromatic N) is 1. The summed E-state index contributed by atoms with van der Waals surface area (Å²) in [5, 5.41) is 8.96. The fraction of sp³-hybridized carbons (Fsp3) is 0.350. The molecule has 0 saturated carbocycles. The standard InChI is InChI=1S/C20H26FN3O2S2.C12H15NS.C8H11FN2O2S.ClH/c1-20(2,3)16-8-5-14(6-9-16)12-22-19(27)23-13-15-7-10-18(17(21)11-15)24-28(4,25)26;1-12(2,3)11-6-4-10(5-7-11)8-13-9-14;1-14(12,13)11-8-3-2-6(5-10)4-7(8)9;/h5-11,24H,12-13H2,1-4H3,(H2,22,23,27);4-7H,8H2,1-3H3;2-4,11H,5,10H2,1H3;1H. The SMILES string of the molecule is CC(C)(C)c1ccc(CN=C=S)cc1.CC(C)(C)c1ccc(CNC(=S)NCc2ccc(NS(C)(=O)=O)c(F)c2)cc1.CS(=O)(=O)Nc1ccc(C[NH3+])cc1F.[Cl-]. The van der Waals surface area contributed by atoms with Crippen molar-refractivity contribution < 1.29 is 43.8 Å². The maximum atomic E-state index is 14.0. The Labute approximate surface area is 354 Å². The summed E-state index contributed by atoms with van der Waals surface area (Å²) >= 11 is 9.78. The fourth-order valence-electron chi connectivity index (χ4n) is 4.73. The smallest absolute Gasteiger partial charge is 0.229 e. The number of isothiocyanates is 1. The van der Waals surface area contributed by atoms with Crippen molar-refractivity contribution in [2.24, 2.45) is 4.99 Å². The Balaban J connectivity index is 0.000000471. The third kappa shape index (κ3) is 20.3. The van der Waals surface area contributed by atoms with Gasteiger partial charge in [-0.25, -0.2) is 30.6 Å². The topological polar surface area (TPSA) is 156 Å². The Morgan fingerprint density at radius 1 is 0.667 bits per heavy atom. The van der Waals surface area contributed by atoms with Crippen LogP contribution in [0, 0.1) is 11.6 Å². The van der Waals surface area contributed by atoms with Crippen LogP contribution < -0.4 is 38.2 Å². The molecule has 0 radical (unpaired) electrons. The number of nitrogens with one attached hydrogen (secondary N) is 4. The number of thiocarbonyl (C=S) groups is 2. The van der Waals surface area contributed by atoms with Crippen molar-refractivity contribution in [3.05, 3.63) is 130 Å². The summed E-state index contributed by atoms with van der Waals surface area (Å²) in [5.74, 6) is -1.22. The van der Waals surface area contributed by atoms with Crippen molar-refractivity contribution in [3.8, 4) is 0 Å². The highest BCUT2D eigenvalue weighted by Gasteiger charge is 2.14. The molecule has 0 unspecified atom stereocenters. The molecular formula is C40H53ClF2N6O4S4. The molecule has 10 nitrogen and oxygen atoms in total. The van der Waals surface area contributed by atoms with E-state index in [-0.39, 0.29) is 34.6 Å². The highest BCUT2D eigenvalue weighted by molar-refractivity contribution is 7.92. The van der Waals surface area contributed by atoms with Crippen LogP contribution in [0.3, 0.4) is 0 Å². The quantitative estimate of drug-likeness (QED) is 0.111. The molecule has 0 aromatic heterocycles. The molecule has 0 aliphatic heterocycles. The molecule has 4 aromatic carbocycles. The van der Waals surface area contributed by atoms with Gasteiger partial charge >= 0.3 is 0 Å². The molecule has 0 heterocycles. The van der Waals surface area contributed by atoms with E-state index in [1.165, 1.54) is 41.0 Å². The first-order valence-electron chi connectivity index (χ1n) is 17.5. The lowest BCUT2D eigenvalue weighted by Crippen LogP contribution is -3.00. The van der Waals surface area contributed by atoms with E-state index in [1.54, 1.807) is 12.1 Å². The second-order valence-electron chi connectivity index (χ2n) is 15.0. The Bertz CT molecular complexity index is 2190. The molecule has 57 heavy (non-hydrogen) atoms. The first-order chi connectivity index (χ1) is 25.9. The average Bonchev–Trinajstić information content (AvgIpc) is 3.10. The zero-order valence-electron chi connectivity index (χ0n) is 33.5. The van der Waals surface area contributed by atoms with Gasteiger partial charge < -0.3 is 28.8 Å². The minimum atomic E-state index is -3.52. The molecule has 17 heteroatoms. The summed E-state index contributed by atoms with van der Waals surface area (Å²) in [4.78, 5) is 3.90. The Hall–Kier alpha value is -4.02. The lowest BCUT2D eigenvalue weighted by Gasteiger charge is -2.19. The first kappa shape index (κ1) is 51.0. The Kier molecular flexibility index (Phi) is 20.4. The number of hydrogen-bond acceptors (Lipinski definition) is 7. The number of anilines is 2. The van der Waals surface area contributed by atoms with E-state index < -0.39 is 31.7 Å². The zero-order valence-corrected chi connectivity index (χ0v) is 37.5. The number of benzene rings is 4. The summed E-state index contributed by atoms with van der Waals surface area (Å²) in [6, 6.07) is 25.4. The van der Waals surface area contributed by atoms with Gasteiger partial charge in [0.25, 0.3) is 0 Å². The van der Waals surface area contributed by atoms with Crippen molar-refractivity contribution in [2.45, 2.75) is 78.6 Å². The van der Waals surface area contributed by atoms with Gasteiger partial charge in [-0.3, -0.25) is 9.44 Å². The lowest BCUT2D eigenvalue weighted by atomic mass is 9.87. The van der Waals surface area contributed by atoms with Crippen LogP contribution in [0.4, 0.5) is 20.2 Å². The molecule has 4 aromatic rings. The lowest BCUT2D eigenvalue weighted by molar-refractivity contribution is -0.386. The van der Waals surface area contributed by atoms with Gasteiger partial charge in [0.15, 0.2) is 5.11 Å². The van der Waals surface area contributed by atoms with Crippen LogP contribution in [0.15, 0.2) is 89.9 Å². The number of quaternary nitrogens is 1. The van der Waals surface area contributed by atoms with Gasteiger partial charge in [-0.15, -0.1) is 0 Å². The van der Waals surface area contributed by atoms with Gasteiger partial charge in [0, 0.05) is 18.7 Å². The van der Waals surface area contributed by atoms with Gasteiger partial charge in [-0.1, -0.05) is 102 Å². The van der Waals surface area contributed by atoms with Crippen LogP contribution in [0.2, 0.25) is 0 Å². The summed E-state index contributed by atoms with van der Waals surface area (Å²) < 4.78 is 75.4. The third-order valence-electron chi connectivity index (χ3n) is 7.82. The minimum Gasteiger partial charge on any atom is -1.00 e. The highest BCUT2D eigenvalue weighted by atomic mass is 35.5. The molecule has 0 aliphatic rings. The second-order valence-corrected chi connectivity index (χ2v) is 19.1. The van der Waals surface area contributed by atoms with E-state index in [1.807, 2.05) is 0 Å². The van der Waals surface area contributed by atoms with Crippen molar-refractivity contribution in [3.63, 3.8) is 0 Å². The Morgan fingerprint density at radius 2 is 1.04 bits per heavy atom. The third-order valence-corrected chi connectivity index (χ3v) is 9.42. The van der Waals surface area contributed by atoms with Crippen molar-refractivity contribution in [2.75, 3.05) is 22.0 Å². The number of sulfonamides is 2. The normalized spacial score (nSPS) is 11.2. The van der Waals surface area contributed by atoms with Crippen LogP contribution >= 0.6 is 24.4 Å². The maximum Gasteiger partial charge on any atom is 0.229 e. The predicted octanol–water partition coefficient (Wildman–Crippen LogP) is 4.19. The fourth-order valence-corrected chi connectivity index (χ4v) is 6.07. The van der Waals surface area contributed by atoms with Gasteiger partial charge in [-0.05, 0) is 87.3 Å². The summed E-state index contributed by atoms with van der Waals surface area (Å²) in [6.07, 6.45) is 1.95. The molecule has 0 spiro atoms. The van der Waals surface area contributed by atoms with E-state index >= 15 is 0 Å². The van der Waals surface area contributed by atoms with E-state index in [0.717, 1.165) is 23.6 Å². The molecule has 4 rings (SSSR count). The van der Waals surface area contributed by atoms with Crippen LogP contribution in [-0.4, -0.2) is 39.6 Å². The van der Waals surface area contributed by atoms with E-state index in [2.05, 4.69) is 138 Å². The maximum absolute atomic E-state index is 14.0. The van der Waals surface area contributed by atoms with Crippen LogP contribution in [-0.2, 0) is 57.1 Å². The molecule has 0 fully saturated rings. The minimum absolute atomic E-state index is 0. The van der Waals surface area contributed by atoms with Gasteiger partial charge in [0.2, 0.25) is 20.0 Å². The second kappa shape index (κ2) is 22.8. The van der Waals surface area contributed by atoms with E-state index in [4.69, 9.17) is 12.2 Å². The Morgan fingerprint density at radius 3 is 1.40 bits per heavy atom. The molecule has 7 N–H and O–H groups in total. The number of hydrogen-bond donors (Lipinski definition) is 5. The number of halogens is 3. The molecule has 0 amide bonds. The monoisotopic (exact) mass is 882 g/mol. The van der Waals surface area contributed by atoms with Crippen LogP contribution in [0.1, 0.15) is 74.9 Å². The summed E-state index contributed by atoms with van der Waals surface area (Å²) in [6.45, 7) is 15.1. The van der Waals surface area contributed by atoms with Gasteiger partial charge in [0.05, 0.1) is 42.1 Å². The van der Waals surface area contributed by atoms with Crippen molar-refractivity contribution >= 4 is 66.1 Å². The predicted molar refractivity (Wildman–Crippen MR) is 232 cm³/mol. The molecule has 0 bridgehead atoms. The van der Waals surface area contributed by atoms with Crippen molar-refractivity contribution in [1.82, 2.24) is 10.6 Å². The summed E-state index contributed by atoms with van der Waals surface area (Å²) in [5.41, 5.74) is 10.1. The molecule has 0 atom stereocenters. The number of aliphatic imine (C=N–C) groups is 1. The van der Waals surface area contributed by atoms with Gasteiger partial charge in [0.1, 0.15) is 11.6 Å². The summed E-state index contributed by atoms with van der Waals surface area (Å²) in [7, 11) is -6.94. The van der Waals surface area contributed by atoms with E-state index in [0.29, 0.717) is 36.9 Å². The van der Waals surface area contributed by atoms with Crippen LogP contribution in [0.5, 0.6) is 0 Å². The van der Waals surface area contributed by atoms with Crippen LogP contribution in [0.25, 0.3) is 0 Å². The average molecular weight is 884 g/mol. The van der Waals surface area contributed by atoms with Gasteiger partial charge in [-0.2, -0.15) is 0 Å². The molecule has 312 valence electrons. The van der Waals surface area contributed by atoms with Crippen molar-refractivity contribution in [1.29, 1.82) is 0 Å². The largest absolute Gasteiger partial charge is 1.00 e. The molecule has 0 aliphatic carbocycles. The zero-order chi connectivity index (χ0) is 42.3. The molecule has 0 saturated heterocycles. The highest BCUT2D eigenvalue weighted by Crippen LogP contribution is 2.23. The van der Waals surface area contributed by atoms with E-state index in [9.17, 15) is 25.6 Å². The first-order valence-corrected chi connectivity index (χ1v) is 22.1. The molecular weight excluding hydrogens is 830 g/mol. The number of rotatable bonds is 11.